The third-order valence-corrected chi connectivity index (χ3v) is 5.47. The highest BCUT2D eigenvalue weighted by molar-refractivity contribution is 5.84. The van der Waals surface area contributed by atoms with Crippen LogP contribution in [0, 0.1) is 0 Å². The highest BCUT2D eigenvalue weighted by Crippen LogP contribution is 2.43. The first-order valence-electron chi connectivity index (χ1n) is 8.63. The molecule has 0 saturated heterocycles. The molecule has 5 rings (SSSR count). The molecule has 0 N–H and O–H groups in total. The summed E-state index contributed by atoms with van der Waals surface area (Å²) < 4.78 is 36.0. The number of benzene rings is 1. The van der Waals surface area contributed by atoms with Gasteiger partial charge in [0.1, 0.15) is 0 Å². The Labute approximate surface area is 148 Å². The van der Waals surface area contributed by atoms with Crippen LogP contribution in [0.25, 0.3) is 22.3 Å². The summed E-state index contributed by atoms with van der Waals surface area (Å²) in [6.45, 7) is 1.71. The van der Waals surface area contributed by atoms with Crippen molar-refractivity contribution in [2.24, 2.45) is 0 Å². The van der Waals surface area contributed by atoms with Gasteiger partial charge in [-0.05, 0) is 24.6 Å². The molecule has 0 aliphatic carbocycles. The molecule has 2 aliphatic rings. The molecular formula is C20H16F2N2O2. The van der Waals surface area contributed by atoms with Gasteiger partial charge >= 0.3 is 0 Å². The second kappa shape index (κ2) is 5.20. The van der Waals surface area contributed by atoms with Crippen LogP contribution in [-0.4, -0.2) is 15.9 Å². The maximum absolute atomic E-state index is 15.3. The molecule has 0 spiro atoms. The summed E-state index contributed by atoms with van der Waals surface area (Å²) in [5, 5.41) is 0.984. The summed E-state index contributed by atoms with van der Waals surface area (Å²) in [4.78, 5) is 17.6. The van der Waals surface area contributed by atoms with Crippen molar-refractivity contribution in [2.45, 2.75) is 38.5 Å². The van der Waals surface area contributed by atoms with Crippen molar-refractivity contribution in [3.8, 4) is 11.4 Å². The van der Waals surface area contributed by atoms with Crippen LogP contribution in [0.2, 0.25) is 0 Å². The summed E-state index contributed by atoms with van der Waals surface area (Å²) in [6, 6.07) is 11.3. The van der Waals surface area contributed by atoms with Crippen molar-refractivity contribution < 1.29 is 13.5 Å². The summed E-state index contributed by atoms with van der Waals surface area (Å²) in [5.74, 6) is 0. The number of aromatic nitrogens is 2. The van der Waals surface area contributed by atoms with E-state index in [1.54, 1.807) is 17.6 Å². The molecule has 1 aromatic carbocycles. The third kappa shape index (κ3) is 1.90. The lowest BCUT2D eigenvalue weighted by Crippen LogP contribution is -2.42. The topological polar surface area (TPSA) is 44.1 Å². The van der Waals surface area contributed by atoms with Crippen LogP contribution in [0.4, 0.5) is 8.78 Å². The van der Waals surface area contributed by atoms with E-state index in [0.29, 0.717) is 17.9 Å². The van der Waals surface area contributed by atoms with Crippen molar-refractivity contribution in [2.75, 3.05) is 0 Å². The van der Waals surface area contributed by atoms with E-state index in [1.165, 1.54) is 0 Å². The molecule has 6 heteroatoms. The Hall–Kier alpha value is -2.60. The summed E-state index contributed by atoms with van der Waals surface area (Å²) in [7, 11) is 0. The fourth-order valence-corrected chi connectivity index (χ4v) is 3.99. The lowest BCUT2D eigenvalue weighted by atomic mass is 9.87. The van der Waals surface area contributed by atoms with Gasteiger partial charge in [-0.1, -0.05) is 25.1 Å². The van der Waals surface area contributed by atoms with E-state index >= 15 is 4.39 Å². The second-order valence-electron chi connectivity index (χ2n) is 6.84. The van der Waals surface area contributed by atoms with Crippen LogP contribution >= 0.6 is 0 Å². The average molecular weight is 354 g/mol. The number of hydrogen-bond donors (Lipinski definition) is 0. The van der Waals surface area contributed by atoms with E-state index in [-0.39, 0.29) is 29.7 Å². The SMILES string of the molecule is CC[C@]1(F)c2cc3n(c(=O)c2CO[C@H]1F)Cc1cc2ccccc2nc1-3. The van der Waals surface area contributed by atoms with Gasteiger partial charge in [-0.3, -0.25) is 4.79 Å². The van der Waals surface area contributed by atoms with Gasteiger partial charge in [-0.2, -0.15) is 0 Å². The molecule has 4 nitrogen and oxygen atoms in total. The number of fused-ring (bicyclic) bond motifs is 5. The van der Waals surface area contributed by atoms with Gasteiger partial charge in [-0.25, -0.2) is 13.8 Å². The molecule has 2 aromatic heterocycles. The molecular weight excluding hydrogens is 338 g/mol. The van der Waals surface area contributed by atoms with E-state index in [9.17, 15) is 9.18 Å². The van der Waals surface area contributed by atoms with Crippen LogP contribution in [0.1, 0.15) is 30.0 Å². The van der Waals surface area contributed by atoms with Gasteiger partial charge in [0.05, 0.1) is 30.1 Å². The number of hydrogen-bond acceptors (Lipinski definition) is 3. The molecule has 0 bridgehead atoms. The minimum atomic E-state index is -2.32. The smallest absolute Gasteiger partial charge is 0.257 e. The Bertz CT molecular complexity index is 1120. The van der Waals surface area contributed by atoms with E-state index in [0.717, 1.165) is 16.5 Å². The van der Waals surface area contributed by atoms with Crippen LogP contribution in [0.5, 0.6) is 0 Å². The van der Waals surface area contributed by atoms with E-state index < -0.39 is 12.0 Å². The van der Waals surface area contributed by atoms with Gasteiger partial charge in [0, 0.05) is 22.1 Å². The van der Waals surface area contributed by atoms with Gasteiger partial charge in [0.25, 0.3) is 5.56 Å². The van der Waals surface area contributed by atoms with Crippen LogP contribution in [0.15, 0.2) is 41.2 Å². The lowest BCUT2D eigenvalue weighted by Gasteiger charge is -2.34. The van der Waals surface area contributed by atoms with E-state index in [4.69, 9.17) is 4.74 Å². The van der Waals surface area contributed by atoms with Crippen molar-refractivity contribution in [1.82, 2.24) is 9.55 Å². The number of pyridine rings is 2. The molecule has 0 unspecified atom stereocenters. The van der Waals surface area contributed by atoms with Crippen LogP contribution in [-0.2, 0) is 23.6 Å². The maximum atomic E-state index is 15.3. The first-order chi connectivity index (χ1) is 12.5. The standard InChI is InChI=1S/C20H16F2N2O2/c1-2-20(22)14-8-16-17-12(7-11-5-3-4-6-15(11)23-17)9-24(16)18(25)13(14)10-26-19(20)21/h3-8,19H,2,9-10H2,1H3/t19-,20+/m1/s1. The highest BCUT2D eigenvalue weighted by Gasteiger charge is 2.47. The first-order valence-corrected chi connectivity index (χ1v) is 8.63. The van der Waals surface area contributed by atoms with Crippen LogP contribution in [0.3, 0.4) is 0 Å². The molecule has 26 heavy (non-hydrogen) atoms. The Balaban J connectivity index is 1.80. The fraction of sp³-hybridized carbons (Fsp3) is 0.300. The molecule has 2 aliphatic heterocycles. The quantitative estimate of drug-likeness (QED) is 0.522. The van der Waals surface area contributed by atoms with Crippen molar-refractivity contribution in [3.63, 3.8) is 0 Å². The summed E-state index contributed by atoms with van der Waals surface area (Å²) >= 11 is 0. The van der Waals surface area contributed by atoms with Gasteiger partial charge < -0.3 is 9.30 Å². The zero-order valence-electron chi connectivity index (χ0n) is 14.1. The second-order valence-corrected chi connectivity index (χ2v) is 6.84. The number of nitrogens with zero attached hydrogens (tertiary/aromatic N) is 2. The van der Waals surface area contributed by atoms with Crippen LogP contribution < -0.4 is 5.56 Å². The maximum Gasteiger partial charge on any atom is 0.257 e. The normalized spacial score (nSPS) is 23.6. The molecule has 0 fully saturated rings. The molecule has 0 radical (unpaired) electrons. The Kier molecular flexibility index (Phi) is 3.13. The Morgan fingerprint density at radius 3 is 2.96 bits per heavy atom. The average Bonchev–Trinajstić information content (AvgIpc) is 3.01. The van der Waals surface area contributed by atoms with Crippen molar-refractivity contribution >= 4 is 10.9 Å². The van der Waals surface area contributed by atoms with E-state index in [1.807, 2.05) is 30.3 Å². The first kappa shape index (κ1) is 15.6. The van der Waals surface area contributed by atoms with Gasteiger partial charge in [-0.15, -0.1) is 0 Å². The fourth-order valence-electron chi connectivity index (χ4n) is 3.99. The Morgan fingerprint density at radius 2 is 2.15 bits per heavy atom. The number of alkyl halides is 2. The summed E-state index contributed by atoms with van der Waals surface area (Å²) in [6.07, 6.45) is -2.19. The minimum Gasteiger partial charge on any atom is -0.340 e. The van der Waals surface area contributed by atoms with Crippen molar-refractivity contribution in [3.05, 3.63) is 63.4 Å². The lowest BCUT2D eigenvalue weighted by molar-refractivity contribution is -0.163. The van der Waals surface area contributed by atoms with Crippen molar-refractivity contribution in [1.29, 1.82) is 0 Å². The summed E-state index contributed by atoms with van der Waals surface area (Å²) in [5.41, 5.74) is 0.551. The largest absolute Gasteiger partial charge is 0.340 e. The van der Waals surface area contributed by atoms with E-state index in [2.05, 4.69) is 4.98 Å². The zero-order valence-corrected chi connectivity index (χ0v) is 14.1. The van der Waals surface area contributed by atoms with Gasteiger partial charge in [0.15, 0.2) is 5.67 Å². The molecule has 132 valence electrons. The predicted octanol–water partition coefficient (Wildman–Crippen LogP) is 3.83. The molecule has 0 amide bonds. The number of para-hydroxylation sites is 1. The zero-order chi connectivity index (χ0) is 18.1. The molecule has 0 saturated carbocycles. The number of rotatable bonds is 1. The third-order valence-electron chi connectivity index (χ3n) is 5.47. The number of halogens is 2. The van der Waals surface area contributed by atoms with Gasteiger partial charge in [0.2, 0.25) is 6.36 Å². The molecule has 3 aromatic rings. The predicted molar refractivity (Wildman–Crippen MR) is 93.3 cm³/mol. The number of ether oxygens (including phenoxy) is 1. The minimum absolute atomic E-state index is 0.0952. The molecule has 4 heterocycles. The molecule has 2 atom stereocenters. The monoisotopic (exact) mass is 354 g/mol. The Morgan fingerprint density at radius 1 is 1.35 bits per heavy atom. The highest BCUT2D eigenvalue weighted by atomic mass is 19.2.